The fourth-order valence-electron chi connectivity index (χ4n) is 2.52. The van der Waals surface area contributed by atoms with Crippen molar-refractivity contribution in [2.24, 2.45) is 0 Å². The molecule has 0 aliphatic rings. The maximum Gasteiger partial charge on any atom is 0.196 e. The van der Waals surface area contributed by atoms with Crippen molar-refractivity contribution in [1.29, 1.82) is 0 Å². The van der Waals surface area contributed by atoms with Crippen LogP contribution in [0.3, 0.4) is 0 Å². The molecule has 21 heavy (non-hydrogen) atoms. The summed E-state index contributed by atoms with van der Waals surface area (Å²) in [6.45, 7) is 2.09. The van der Waals surface area contributed by atoms with Gasteiger partial charge in [0.05, 0.1) is 5.02 Å². The minimum atomic E-state index is -0.123. The quantitative estimate of drug-likeness (QED) is 0.656. The van der Waals surface area contributed by atoms with E-state index in [4.69, 9.17) is 23.2 Å². The zero-order chi connectivity index (χ0) is 15.0. The van der Waals surface area contributed by atoms with Crippen LogP contribution in [0, 0.1) is 0 Å². The second-order valence-corrected chi connectivity index (χ2v) is 5.69. The van der Waals surface area contributed by atoms with Crippen LogP contribution in [0.5, 0.6) is 0 Å². The van der Waals surface area contributed by atoms with Gasteiger partial charge in [0.2, 0.25) is 0 Å². The Hall–Kier alpha value is -1.77. The van der Waals surface area contributed by atoms with Gasteiger partial charge >= 0.3 is 0 Å². The summed E-state index contributed by atoms with van der Waals surface area (Å²) in [6.07, 6.45) is 2.65. The Morgan fingerprint density at radius 2 is 1.95 bits per heavy atom. The molecule has 0 aliphatic carbocycles. The predicted octanol–water partition coefficient (Wildman–Crippen LogP) is 5.27. The lowest BCUT2D eigenvalue weighted by molar-refractivity contribution is 0.104. The lowest BCUT2D eigenvalue weighted by Gasteiger charge is -2.04. The molecule has 0 amide bonds. The molecule has 1 N–H and O–H groups in total. The monoisotopic (exact) mass is 317 g/mol. The Balaban J connectivity index is 2.16. The molecule has 106 valence electrons. The van der Waals surface area contributed by atoms with E-state index in [1.165, 1.54) is 5.56 Å². The molecule has 0 saturated carbocycles. The number of hydrogen-bond acceptors (Lipinski definition) is 1. The Bertz CT molecular complexity index is 836. The first kappa shape index (κ1) is 14.2. The van der Waals surface area contributed by atoms with E-state index >= 15 is 0 Å². The van der Waals surface area contributed by atoms with Crippen LogP contribution in [-0.2, 0) is 6.42 Å². The van der Waals surface area contributed by atoms with Crippen molar-refractivity contribution in [3.63, 3.8) is 0 Å². The normalized spacial score (nSPS) is 11.0. The average molecular weight is 318 g/mol. The van der Waals surface area contributed by atoms with E-state index < -0.39 is 0 Å². The predicted molar refractivity (Wildman–Crippen MR) is 87.6 cm³/mol. The molecule has 0 radical (unpaired) electrons. The first-order valence-electron chi connectivity index (χ1n) is 6.70. The van der Waals surface area contributed by atoms with Crippen molar-refractivity contribution in [3.8, 4) is 0 Å². The third-order valence-electron chi connectivity index (χ3n) is 3.60. The zero-order valence-corrected chi connectivity index (χ0v) is 12.9. The molecule has 2 nitrogen and oxygen atoms in total. The fourth-order valence-corrected chi connectivity index (χ4v) is 2.89. The van der Waals surface area contributed by atoms with Crippen LogP contribution >= 0.6 is 23.2 Å². The fraction of sp³-hybridized carbons (Fsp3) is 0.118. The van der Waals surface area contributed by atoms with Gasteiger partial charge in [-0.3, -0.25) is 4.79 Å². The molecule has 0 bridgehead atoms. The lowest BCUT2D eigenvalue weighted by atomic mass is 10.0. The van der Waals surface area contributed by atoms with Crippen molar-refractivity contribution in [2.75, 3.05) is 0 Å². The van der Waals surface area contributed by atoms with Crippen LogP contribution < -0.4 is 0 Å². The summed E-state index contributed by atoms with van der Waals surface area (Å²) in [7, 11) is 0. The van der Waals surface area contributed by atoms with Crippen molar-refractivity contribution >= 4 is 39.9 Å². The number of para-hydroxylation sites is 1. The van der Waals surface area contributed by atoms with Gasteiger partial charge in [-0.15, -0.1) is 0 Å². The number of ketones is 1. The zero-order valence-electron chi connectivity index (χ0n) is 11.4. The van der Waals surface area contributed by atoms with E-state index in [1.54, 1.807) is 24.4 Å². The number of fused-ring (bicyclic) bond motifs is 1. The van der Waals surface area contributed by atoms with E-state index in [0.717, 1.165) is 17.3 Å². The smallest absolute Gasteiger partial charge is 0.196 e. The number of carbonyl (C=O) groups excluding carboxylic acids is 1. The molecule has 2 aromatic carbocycles. The molecule has 0 fully saturated rings. The molecule has 0 saturated heterocycles. The van der Waals surface area contributed by atoms with Crippen LogP contribution in [0.1, 0.15) is 28.4 Å². The van der Waals surface area contributed by atoms with Gasteiger partial charge in [0.25, 0.3) is 0 Å². The minimum Gasteiger partial charge on any atom is -0.360 e. The van der Waals surface area contributed by atoms with E-state index in [-0.39, 0.29) is 5.78 Å². The third kappa shape index (κ3) is 2.45. The van der Waals surface area contributed by atoms with E-state index in [1.807, 2.05) is 12.1 Å². The van der Waals surface area contributed by atoms with Crippen LogP contribution in [0.15, 0.2) is 42.6 Å². The number of aryl methyl sites for hydroxylation is 1. The number of aromatic amines is 1. The summed E-state index contributed by atoms with van der Waals surface area (Å²) in [5.74, 6) is -0.123. The van der Waals surface area contributed by atoms with Gasteiger partial charge < -0.3 is 4.98 Å². The van der Waals surface area contributed by atoms with Crippen molar-refractivity contribution in [2.45, 2.75) is 13.3 Å². The van der Waals surface area contributed by atoms with Gasteiger partial charge in [0, 0.05) is 33.2 Å². The molecule has 1 aromatic heterocycles. The second kappa shape index (κ2) is 5.55. The molecule has 1 heterocycles. The van der Waals surface area contributed by atoms with Crippen LogP contribution in [-0.4, -0.2) is 10.8 Å². The Labute approximate surface area is 132 Å². The molecule has 4 heteroatoms. The number of benzene rings is 2. The molecule has 3 aromatic rings. The highest BCUT2D eigenvalue weighted by atomic mass is 35.5. The highest BCUT2D eigenvalue weighted by molar-refractivity contribution is 6.37. The maximum absolute atomic E-state index is 12.7. The first-order valence-corrected chi connectivity index (χ1v) is 7.46. The summed E-state index contributed by atoms with van der Waals surface area (Å²) in [6, 6.07) is 10.9. The molecule has 0 spiro atoms. The summed E-state index contributed by atoms with van der Waals surface area (Å²) < 4.78 is 0. The summed E-state index contributed by atoms with van der Waals surface area (Å²) >= 11 is 12.1. The van der Waals surface area contributed by atoms with Crippen LogP contribution in [0.4, 0.5) is 0 Å². The first-order chi connectivity index (χ1) is 10.1. The number of halogens is 2. The number of nitrogens with one attached hydrogen (secondary N) is 1. The van der Waals surface area contributed by atoms with Crippen molar-refractivity contribution in [1.82, 2.24) is 4.98 Å². The molecular formula is C17H13Cl2NO. The Kier molecular flexibility index (Phi) is 3.75. The van der Waals surface area contributed by atoms with Crippen molar-refractivity contribution in [3.05, 3.63) is 69.3 Å². The van der Waals surface area contributed by atoms with Crippen molar-refractivity contribution < 1.29 is 4.79 Å². The molecule has 3 rings (SSSR count). The van der Waals surface area contributed by atoms with Gasteiger partial charge in [-0.2, -0.15) is 0 Å². The maximum atomic E-state index is 12.7. The Morgan fingerprint density at radius 1 is 1.14 bits per heavy atom. The highest BCUT2D eigenvalue weighted by Crippen LogP contribution is 2.28. The minimum absolute atomic E-state index is 0.123. The van der Waals surface area contributed by atoms with Gasteiger partial charge in [0.15, 0.2) is 5.78 Å². The SMILES string of the molecule is CCc1cccc2c(C(=O)c3cc(Cl)ccc3Cl)c[nH]c12. The van der Waals surface area contributed by atoms with Gasteiger partial charge in [0.1, 0.15) is 0 Å². The van der Waals surface area contributed by atoms with Gasteiger partial charge in [-0.1, -0.05) is 48.3 Å². The largest absolute Gasteiger partial charge is 0.360 e. The van der Waals surface area contributed by atoms with Crippen LogP contribution in [0.25, 0.3) is 10.9 Å². The number of rotatable bonds is 3. The summed E-state index contributed by atoms with van der Waals surface area (Å²) in [5.41, 5.74) is 3.22. The molecule has 0 aliphatic heterocycles. The third-order valence-corrected chi connectivity index (χ3v) is 4.17. The van der Waals surface area contributed by atoms with Gasteiger partial charge in [-0.05, 0) is 30.2 Å². The summed E-state index contributed by atoms with van der Waals surface area (Å²) in [5, 5.41) is 1.82. The second-order valence-electron chi connectivity index (χ2n) is 4.85. The number of hydrogen-bond donors (Lipinski definition) is 1. The Morgan fingerprint density at radius 3 is 2.71 bits per heavy atom. The standard InChI is InChI=1S/C17H13Cl2NO/c1-2-10-4-3-5-12-14(9-20-16(10)12)17(21)13-8-11(18)6-7-15(13)19/h3-9,20H,2H2,1H3. The number of H-pyrrole nitrogens is 1. The lowest BCUT2D eigenvalue weighted by Crippen LogP contribution is -2.01. The number of aromatic nitrogens is 1. The van der Waals surface area contributed by atoms with E-state index in [0.29, 0.717) is 21.2 Å². The molecular weight excluding hydrogens is 305 g/mol. The average Bonchev–Trinajstić information content (AvgIpc) is 2.93. The summed E-state index contributed by atoms with van der Waals surface area (Å²) in [4.78, 5) is 15.9. The molecule has 0 atom stereocenters. The van der Waals surface area contributed by atoms with Crippen LogP contribution in [0.2, 0.25) is 10.0 Å². The van der Waals surface area contributed by atoms with E-state index in [9.17, 15) is 4.79 Å². The van der Waals surface area contributed by atoms with E-state index in [2.05, 4.69) is 18.0 Å². The molecule has 0 unspecified atom stereocenters. The number of carbonyl (C=O) groups is 1. The highest BCUT2D eigenvalue weighted by Gasteiger charge is 2.18. The van der Waals surface area contributed by atoms with Gasteiger partial charge in [-0.25, -0.2) is 0 Å². The topological polar surface area (TPSA) is 32.9 Å².